The number of esters is 1. The van der Waals surface area contributed by atoms with E-state index in [9.17, 15) is 34.8 Å². The van der Waals surface area contributed by atoms with Gasteiger partial charge in [-0.1, -0.05) is 57.2 Å². The zero-order valence-electron chi connectivity index (χ0n) is 44.0. The summed E-state index contributed by atoms with van der Waals surface area (Å²) in [6, 6.07) is 7.46. The van der Waals surface area contributed by atoms with Gasteiger partial charge in [-0.25, -0.2) is 5.48 Å². The number of amides is 1. The van der Waals surface area contributed by atoms with E-state index < -0.39 is 114 Å². The number of benzene rings is 1. The van der Waals surface area contributed by atoms with Crippen LogP contribution in [0.4, 0.5) is 0 Å². The summed E-state index contributed by atoms with van der Waals surface area (Å²) in [7, 11) is 4.92. The molecule has 20 heteroatoms. The topological polar surface area (TPSA) is 263 Å². The SMILES string of the molecule is CC[C@@H]1OC(=O)[C@@H](C)[C@H](O[C@H]2C[C@@](C)(OC)[C@@H](O)[C@H](C)O2)[C@H](C)[C@H](O[C@@H]2O[C@H](C)C[C@H](N(C)Cc3ccc(-c4cn(CCCCC(=O)NO)nn4)cc3)[C@H]2O)[C@@](C)(OC)C[C@H](C)C(=O)[C@@H](C)[C@@H](O)[C@@]1(C)O. The number of hydrogen-bond donors (Lipinski definition) is 6. The first-order valence-corrected chi connectivity index (χ1v) is 25.2. The van der Waals surface area contributed by atoms with E-state index in [4.69, 9.17) is 38.4 Å². The number of cyclic esters (lactones) is 1. The fourth-order valence-corrected chi connectivity index (χ4v) is 10.9. The van der Waals surface area contributed by atoms with Crippen LogP contribution in [-0.4, -0.2) is 169 Å². The molecule has 3 fully saturated rings. The van der Waals surface area contributed by atoms with Gasteiger partial charge in [0.2, 0.25) is 5.91 Å². The van der Waals surface area contributed by atoms with Crippen LogP contribution in [0.25, 0.3) is 11.3 Å². The van der Waals surface area contributed by atoms with Crippen molar-refractivity contribution in [2.45, 2.75) is 212 Å². The van der Waals surface area contributed by atoms with Gasteiger partial charge in [0.25, 0.3) is 0 Å². The molecular weight excluding hydrogens is 923 g/mol. The highest BCUT2D eigenvalue weighted by atomic mass is 16.7. The molecule has 0 bridgehead atoms. The van der Waals surface area contributed by atoms with Gasteiger partial charge in [-0.05, 0) is 86.3 Å². The molecule has 0 spiro atoms. The van der Waals surface area contributed by atoms with Gasteiger partial charge in [-0.3, -0.25) is 29.2 Å². The molecule has 71 heavy (non-hydrogen) atoms. The van der Waals surface area contributed by atoms with Crippen LogP contribution in [0, 0.1) is 23.7 Å². The minimum Gasteiger partial charge on any atom is -0.459 e. The van der Waals surface area contributed by atoms with Crippen molar-refractivity contribution in [1.82, 2.24) is 25.4 Å². The van der Waals surface area contributed by atoms with E-state index >= 15 is 0 Å². The molecular formula is C51H83N5O15. The van der Waals surface area contributed by atoms with Crippen molar-refractivity contribution in [1.29, 1.82) is 0 Å². The van der Waals surface area contributed by atoms with E-state index in [1.165, 1.54) is 21.1 Å². The molecule has 2 aromatic rings. The van der Waals surface area contributed by atoms with Gasteiger partial charge in [-0.2, -0.15) is 0 Å². The smallest absolute Gasteiger partial charge is 0.311 e. The Kier molecular flexibility index (Phi) is 20.3. The molecule has 0 unspecified atom stereocenters. The number of hydroxylamine groups is 1. The van der Waals surface area contributed by atoms with E-state index in [1.54, 1.807) is 58.6 Å². The number of aliphatic hydroxyl groups is 4. The van der Waals surface area contributed by atoms with Gasteiger partial charge >= 0.3 is 5.97 Å². The number of ketones is 1. The Bertz CT molecular complexity index is 2040. The van der Waals surface area contributed by atoms with E-state index in [0.29, 0.717) is 38.0 Å². The van der Waals surface area contributed by atoms with Gasteiger partial charge in [0, 0.05) is 69.5 Å². The van der Waals surface area contributed by atoms with Crippen molar-refractivity contribution in [2.75, 3.05) is 21.3 Å². The lowest BCUT2D eigenvalue weighted by Gasteiger charge is -2.50. The first-order valence-electron chi connectivity index (χ1n) is 25.2. The van der Waals surface area contributed by atoms with Crippen LogP contribution in [0.15, 0.2) is 30.5 Å². The number of aromatic nitrogens is 3. The number of rotatable bonds is 16. The Balaban J connectivity index is 1.45. The predicted octanol–water partition coefficient (Wildman–Crippen LogP) is 3.94. The number of nitrogens with zero attached hydrogens (tertiary/aromatic N) is 4. The quantitative estimate of drug-likeness (QED) is 0.0602. The molecule has 18 atom stereocenters. The zero-order valence-corrected chi connectivity index (χ0v) is 44.0. The number of hydrogen-bond acceptors (Lipinski definition) is 18. The standard InChI is InChI=1S/C51H83N5O15/c1-14-38-51(10,63)44(60)30(4)41(58)28(2)24-50(9,66-13)46(31(5)43(32(6)47(62)69-38)70-40-25-49(8,65-12)45(61)33(7)68-40)71-48-42(59)37(23-29(3)67-48)55(11)26-34-18-20-35(21-19-34)36-27-56(54-52-36)22-16-15-17-39(57)53-64/h18-21,27-33,37-38,40,42-46,48,59-61,63-64H,14-17,22-26H2,1-13H3,(H,53,57)/t28-,29+,30+,31-,32-,33-,37-,38-,40-,42+,43+,44+,45-,46-,48-,49+,50-,51-/m0/s1. The van der Waals surface area contributed by atoms with Crippen LogP contribution in [0.2, 0.25) is 0 Å². The maximum atomic E-state index is 14.5. The molecule has 0 radical (unpaired) electrons. The molecule has 1 amide bonds. The van der Waals surface area contributed by atoms with Crippen molar-refractivity contribution in [2.24, 2.45) is 23.7 Å². The van der Waals surface area contributed by atoms with E-state index in [-0.39, 0.29) is 37.6 Å². The minimum atomic E-state index is -2.01. The second kappa shape index (κ2) is 24.7. The van der Waals surface area contributed by atoms with Crippen LogP contribution >= 0.6 is 0 Å². The molecule has 3 aliphatic heterocycles. The number of carbonyl (C=O) groups excluding carboxylic acids is 3. The molecule has 3 aliphatic rings. The summed E-state index contributed by atoms with van der Waals surface area (Å²) in [4.78, 5) is 42.1. The molecule has 5 rings (SSSR count). The number of Topliss-reactive ketones (excluding diaryl/α,β-unsaturated/α-hetero) is 1. The van der Waals surface area contributed by atoms with Gasteiger partial charge < -0.3 is 53.6 Å². The lowest BCUT2D eigenvalue weighted by molar-refractivity contribution is -0.319. The summed E-state index contributed by atoms with van der Waals surface area (Å²) in [5, 5.41) is 64.1. The normalized spacial score (nSPS) is 38.9. The summed E-state index contributed by atoms with van der Waals surface area (Å²) in [6.45, 7) is 18.0. The number of aryl methyl sites for hydroxylation is 1. The molecule has 402 valence electrons. The van der Waals surface area contributed by atoms with Crippen molar-refractivity contribution in [3.8, 4) is 11.3 Å². The number of nitrogens with one attached hydrogen (secondary N) is 1. The first-order chi connectivity index (χ1) is 33.3. The summed E-state index contributed by atoms with van der Waals surface area (Å²) < 4.78 is 46.5. The van der Waals surface area contributed by atoms with Crippen molar-refractivity contribution in [3.63, 3.8) is 0 Å². The lowest BCUT2D eigenvalue weighted by Crippen LogP contribution is -2.61. The fourth-order valence-electron chi connectivity index (χ4n) is 10.9. The molecule has 0 saturated carbocycles. The highest BCUT2D eigenvalue weighted by Crippen LogP contribution is 2.42. The number of likely N-dealkylation sites (N-methyl/N-ethyl adjacent to an activating group) is 1. The van der Waals surface area contributed by atoms with Gasteiger partial charge in [0.1, 0.15) is 35.4 Å². The number of ether oxygens (including phenoxy) is 7. The van der Waals surface area contributed by atoms with Crippen LogP contribution in [0.3, 0.4) is 0 Å². The summed E-state index contributed by atoms with van der Waals surface area (Å²) in [5.41, 5.74) is -0.242. The number of methoxy groups -OCH3 is 2. The second-order valence-corrected chi connectivity index (χ2v) is 21.1. The predicted molar refractivity (Wildman–Crippen MR) is 258 cm³/mol. The van der Waals surface area contributed by atoms with E-state index in [1.807, 2.05) is 56.3 Å². The van der Waals surface area contributed by atoms with E-state index in [2.05, 4.69) is 10.3 Å². The highest BCUT2D eigenvalue weighted by molar-refractivity contribution is 5.83. The van der Waals surface area contributed by atoms with Crippen molar-refractivity contribution < 1.29 is 73.2 Å². The van der Waals surface area contributed by atoms with Gasteiger partial charge in [-0.15, -0.1) is 5.10 Å². The maximum absolute atomic E-state index is 14.5. The Labute approximate surface area is 418 Å². The molecule has 1 aromatic carbocycles. The van der Waals surface area contributed by atoms with Crippen molar-refractivity contribution >= 4 is 17.7 Å². The van der Waals surface area contributed by atoms with Gasteiger partial charge in [0.05, 0.1) is 53.8 Å². The average Bonchev–Trinajstić information content (AvgIpc) is 3.82. The first kappa shape index (κ1) is 58.4. The Hall–Kier alpha value is -3.51. The molecule has 4 heterocycles. The van der Waals surface area contributed by atoms with Crippen LogP contribution < -0.4 is 5.48 Å². The Morgan fingerprint density at radius 1 is 0.915 bits per heavy atom. The molecule has 1 aromatic heterocycles. The molecule has 3 saturated heterocycles. The fraction of sp³-hybridized carbons (Fsp3) is 0.784. The van der Waals surface area contributed by atoms with Crippen LogP contribution in [0.5, 0.6) is 0 Å². The molecule has 6 N–H and O–H groups in total. The van der Waals surface area contributed by atoms with Crippen LogP contribution in [0.1, 0.15) is 120 Å². The third-order valence-corrected chi connectivity index (χ3v) is 15.6. The van der Waals surface area contributed by atoms with E-state index in [0.717, 1.165) is 11.1 Å². The number of aliphatic hydroxyl groups excluding tert-OH is 3. The second-order valence-electron chi connectivity index (χ2n) is 21.1. The molecule has 0 aliphatic carbocycles. The van der Waals surface area contributed by atoms with Crippen LogP contribution in [-0.2, 0) is 60.6 Å². The Morgan fingerprint density at radius 3 is 2.20 bits per heavy atom. The molecule has 20 nitrogen and oxygen atoms in total. The summed E-state index contributed by atoms with van der Waals surface area (Å²) in [5.74, 6) is -5.20. The van der Waals surface area contributed by atoms with Crippen molar-refractivity contribution in [3.05, 3.63) is 36.0 Å². The lowest BCUT2D eigenvalue weighted by atomic mass is 9.74. The monoisotopic (exact) mass is 1010 g/mol. The zero-order chi connectivity index (χ0) is 52.7. The maximum Gasteiger partial charge on any atom is 0.311 e. The highest BCUT2D eigenvalue weighted by Gasteiger charge is 2.54. The largest absolute Gasteiger partial charge is 0.459 e. The average molecular weight is 1010 g/mol. The minimum absolute atomic E-state index is 0.0592. The third-order valence-electron chi connectivity index (χ3n) is 15.6. The summed E-state index contributed by atoms with van der Waals surface area (Å²) in [6.07, 6.45) is -6.36. The summed E-state index contributed by atoms with van der Waals surface area (Å²) >= 11 is 0. The number of unbranched alkanes of at least 4 members (excludes halogenated alkanes) is 1. The number of carbonyl (C=O) groups is 3. The van der Waals surface area contributed by atoms with Gasteiger partial charge in [0.15, 0.2) is 12.6 Å². The third kappa shape index (κ3) is 13.6. The Morgan fingerprint density at radius 2 is 1.58 bits per heavy atom.